The third-order valence-corrected chi connectivity index (χ3v) is 2.91. The normalized spacial score (nSPS) is 25.7. The van der Waals surface area contributed by atoms with E-state index in [9.17, 15) is 0 Å². The molecule has 0 bridgehead atoms. The fourth-order valence-electron chi connectivity index (χ4n) is 1.80. The van der Waals surface area contributed by atoms with Crippen molar-refractivity contribution in [3.05, 3.63) is 0 Å². The van der Waals surface area contributed by atoms with Gasteiger partial charge in [-0.3, -0.25) is 0 Å². The van der Waals surface area contributed by atoms with E-state index < -0.39 is 0 Å². The van der Waals surface area contributed by atoms with Gasteiger partial charge < -0.3 is 11.6 Å². The lowest BCUT2D eigenvalue weighted by molar-refractivity contribution is 0.220. The highest BCUT2D eigenvalue weighted by atomic mass is 15.2. The number of hydrogen-bond acceptors (Lipinski definition) is 2. The van der Waals surface area contributed by atoms with E-state index in [1.165, 1.54) is 12.8 Å². The molecular weight excluding hydrogens is 150 g/mol. The van der Waals surface area contributed by atoms with Gasteiger partial charge in [-0.2, -0.15) is 5.10 Å². The number of hydrazone groups is 1. The minimum absolute atomic E-state index is 0.433. The Kier molecular flexibility index (Phi) is 2.60. The molecule has 0 atom stereocenters. The van der Waals surface area contributed by atoms with Crippen LogP contribution < -0.4 is 11.6 Å². The minimum Gasteiger partial charge on any atom is -0.386 e. The molecule has 1 aliphatic carbocycles. The Morgan fingerprint density at radius 3 is 2.25 bits per heavy atom. The largest absolute Gasteiger partial charge is 0.386 e. The van der Waals surface area contributed by atoms with E-state index in [4.69, 9.17) is 11.6 Å². The molecule has 70 valence electrons. The molecule has 12 heavy (non-hydrogen) atoms. The summed E-state index contributed by atoms with van der Waals surface area (Å²) in [6, 6.07) is 0. The molecule has 3 heteroatoms. The summed E-state index contributed by atoms with van der Waals surface area (Å²) in [5, 5.41) is 3.55. The minimum atomic E-state index is 0.433. The molecule has 1 rings (SSSR count). The standard InChI is InChI=1S/C9H19N3/c1-9(2)5-3-7(4-6-9)8(10)12-11/h7H,3-6,11H2,1-2H3,(H2,10,12). The van der Waals surface area contributed by atoms with E-state index in [0.29, 0.717) is 17.2 Å². The van der Waals surface area contributed by atoms with E-state index >= 15 is 0 Å². The maximum atomic E-state index is 5.66. The molecule has 0 aromatic rings. The summed E-state index contributed by atoms with van der Waals surface area (Å²) in [7, 11) is 0. The van der Waals surface area contributed by atoms with Gasteiger partial charge in [0.25, 0.3) is 0 Å². The summed E-state index contributed by atoms with van der Waals surface area (Å²) in [5.41, 5.74) is 6.15. The average Bonchev–Trinajstić information content (AvgIpc) is 2.03. The molecule has 0 aromatic carbocycles. The molecule has 0 heterocycles. The molecule has 0 radical (unpaired) electrons. The van der Waals surface area contributed by atoms with Crippen LogP contribution in [0.2, 0.25) is 0 Å². The van der Waals surface area contributed by atoms with Crippen molar-refractivity contribution in [2.75, 3.05) is 0 Å². The summed E-state index contributed by atoms with van der Waals surface area (Å²) in [5.74, 6) is 6.20. The van der Waals surface area contributed by atoms with Gasteiger partial charge in [0.15, 0.2) is 0 Å². The van der Waals surface area contributed by atoms with Gasteiger partial charge in [-0.25, -0.2) is 0 Å². The summed E-state index contributed by atoms with van der Waals surface area (Å²) < 4.78 is 0. The highest BCUT2D eigenvalue weighted by Gasteiger charge is 2.28. The molecule has 0 amide bonds. The van der Waals surface area contributed by atoms with Crippen LogP contribution in [0, 0.1) is 11.3 Å². The molecular formula is C9H19N3. The van der Waals surface area contributed by atoms with Crippen LogP contribution in [0.3, 0.4) is 0 Å². The fourth-order valence-corrected chi connectivity index (χ4v) is 1.80. The van der Waals surface area contributed by atoms with Crippen molar-refractivity contribution in [1.29, 1.82) is 0 Å². The van der Waals surface area contributed by atoms with Crippen molar-refractivity contribution >= 4 is 5.84 Å². The zero-order valence-corrected chi connectivity index (χ0v) is 8.01. The lowest BCUT2D eigenvalue weighted by Crippen LogP contribution is -2.31. The zero-order valence-electron chi connectivity index (χ0n) is 8.01. The second kappa shape index (κ2) is 3.33. The Hall–Kier alpha value is -0.730. The van der Waals surface area contributed by atoms with E-state index in [0.717, 1.165) is 12.8 Å². The molecule has 3 nitrogen and oxygen atoms in total. The number of nitrogens with zero attached hydrogens (tertiary/aromatic N) is 1. The predicted octanol–water partition coefficient (Wildman–Crippen LogP) is 1.43. The van der Waals surface area contributed by atoms with E-state index in [1.54, 1.807) is 0 Å². The molecule has 4 N–H and O–H groups in total. The maximum Gasteiger partial charge on any atom is 0.122 e. The number of rotatable bonds is 1. The molecule has 0 aromatic heterocycles. The first-order chi connectivity index (χ1) is 5.55. The van der Waals surface area contributed by atoms with Crippen LogP contribution in [-0.2, 0) is 0 Å². The monoisotopic (exact) mass is 169 g/mol. The van der Waals surface area contributed by atoms with Gasteiger partial charge >= 0.3 is 0 Å². The van der Waals surface area contributed by atoms with Crippen LogP contribution in [0.25, 0.3) is 0 Å². The summed E-state index contributed by atoms with van der Waals surface area (Å²) in [6.07, 6.45) is 4.74. The van der Waals surface area contributed by atoms with Gasteiger partial charge in [-0.05, 0) is 31.1 Å². The first-order valence-electron chi connectivity index (χ1n) is 4.58. The van der Waals surface area contributed by atoms with Crippen LogP contribution in [0.1, 0.15) is 39.5 Å². The smallest absolute Gasteiger partial charge is 0.122 e. The third kappa shape index (κ3) is 2.13. The Morgan fingerprint density at radius 1 is 1.33 bits per heavy atom. The Balaban J connectivity index is 2.47. The second-order valence-corrected chi connectivity index (χ2v) is 4.49. The molecule has 1 aliphatic rings. The van der Waals surface area contributed by atoms with Gasteiger partial charge in [-0.1, -0.05) is 13.8 Å². The lowest BCUT2D eigenvalue weighted by Gasteiger charge is -2.33. The molecule has 0 spiro atoms. The second-order valence-electron chi connectivity index (χ2n) is 4.49. The van der Waals surface area contributed by atoms with E-state index in [1.807, 2.05) is 0 Å². The Bertz CT molecular complexity index is 174. The van der Waals surface area contributed by atoms with Gasteiger partial charge in [0.1, 0.15) is 5.84 Å². The fraction of sp³-hybridized carbons (Fsp3) is 0.889. The number of amidine groups is 1. The van der Waals surface area contributed by atoms with Crippen molar-refractivity contribution in [3.63, 3.8) is 0 Å². The van der Waals surface area contributed by atoms with Crippen molar-refractivity contribution in [1.82, 2.24) is 0 Å². The highest BCUT2D eigenvalue weighted by Crippen LogP contribution is 2.37. The highest BCUT2D eigenvalue weighted by molar-refractivity contribution is 5.82. The zero-order chi connectivity index (χ0) is 9.19. The van der Waals surface area contributed by atoms with E-state index in [-0.39, 0.29) is 0 Å². The SMILES string of the molecule is CC1(C)CCC(/C(N)=N/N)CC1. The quantitative estimate of drug-likeness (QED) is 0.270. The Labute approximate surface area is 74.2 Å². The van der Waals surface area contributed by atoms with Crippen LogP contribution in [0.15, 0.2) is 5.10 Å². The van der Waals surface area contributed by atoms with Crippen molar-refractivity contribution in [2.24, 2.45) is 28.0 Å². The lowest BCUT2D eigenvalue weighted by atomic mass is 9.73. The summed E-state index contributed by atoms with van der Waals surface area (Å²) in [6.45, 7) is 4.61. The summed E-state index contributed by atoms with van der Waals surface area (Å²) >= 11 is 0. The van der Waals surface area contributed by atoms with Gasteiger partial charge in [-0.15, -0.1) is 0 Å². The number of nitrogens with two attached hydrogens (primary N) is 2. The summed E-state index contributed by atoms with van der Waals surface area (Å²) in [4.78, 5) is 0. The van der Waals surface area contributed by atoms with Gasteiger partial charge in [0.2, 0.25) is 0 Å². The molecule has 1 saturated carbocycles. The van der Waals surface area contributed by atoms with Gasteiger partial charge in [0, 0.05) is 5.92 Å². The van der Waals surface area contributed by atoms with Crippen LogP contribution in [0.5, 0.6) is 0 Å². The molecule has 0 saturated heterocycles. The first-order valence-corrected chi connectivity index (χ1v) is 4.58. The average molecular weight is 169 g/mol. The first kappa shape index (κ1) is 9.36. The molecule has 0 aliphatic heterocycles. The van der Waals surface area contributed by atoms with Gasteiger partial charge in [0.05, 0.1) is 0 Å². The van der Waals surface area contributed by atoms with Crippen molar-refractivity contribution in [3.8, 4) is 0 Å². The van der Waals surface area contributed by atoms with Crippen LogP contribution >= 0.6 is 0 Å². The van der Waals surface area contributed by atoms with Crippen molar-refractivity contribution in [2.45, 2.75) is 39.5 Å². The van der Waals surface area contributed by atoms with E-state index in [2.05, 4.69) is 18.9 Å². The Morgan fingerprint density at radius 2 is 1.83 bits per heavy atom. The molecule has 1 fully saturated rings. The van der Waals surface area contributed by atoms with Crippen LogP contribution in [0.4, 0.5) is 0 Å². The molecule has 0 unspecified atom stereocenters. The number of hydrogen-bond donors (Lipinski definition) is 2. The third-order valence-electron chi connectivity index (χ3n) is 2.91. The van der Waals surface area contributed by atoms with Crippen LogP contribution in [-0.4, -0.2) is 5.84 Å². The van der Waals surface area contributed by atoms with Crippen molar-refractivity contribution < 1.29 is 0 Å². The maximum absolute atomic E-state index is 5.66. The predicted molar refractivity (Wildman–Crippen MR) is 51.5 cm³/mol. The topological polar surface area (TPSA) is 64.4 Å².